The summed E-state index contributed by atoms with van der Waals surface area (Å²) in [6.07, 6.45) is 4.10. The number of benzene rings is 1. The molecular formula is C13H16O. The summed E-state index contributed by atoms with van der Waals surface area (Å²) in [4.78, 5) is 11.7. The molecule has 1 aliphatic rings. The fraction of sp³-hybridized carbons (Fsp3) is 0.462. The van der Waals surface area contributed by atoms with E-state index in [0.29, 0.717) is 18.1 Å². The summed E-state index contributed by atoms with van der Waals surface area (Å²) in [7, 11) is 0. The third-order valence-corrected chi connectivity index (χ3v) is 3.06. The predicted molar refractivity (Wildman–Crippen MR) is 57.2 cm³/mol. The van der Waals surface area contributed by atoms with Crippen LogP contribution in [0.15, 0.2) is 24.3 Å². The number of carbonyl (C=O) groups is 1. The Kier molecular flexibility index (Phi) is 2.67. The van der Waals surface area contributed by atoms with Crippen LogP contribution in [0.1, 0.15) is 30.4 Å². The molecule has 0 N–H and O–H groups in total. The Bertz CT molecular complexity index is 320. The molecule has 1 aromatic carbocycles. The first-order chi connectivity index (χ1) is 6.75. The number of hydrogen-bond acceptors (Lipinski definition) is 1. The van der Waals surface area contributed by atoms with Crippen molar-refractivity contribution in [1.29, 1.82) is 0 Å². The van der Waals surface area contributed by atoms with E-state index in [0.717, 1.165) is 18.4 Å². The van der Waals surface area contributed by atoms with Gasteiger partial charge in [-0.25, -0.2) is 0 Å². The average Bonchev–Trinajstić information content (AvgIpc) is 2.06. The van der Waals surface area contributed by atoms with Crippen LogP contribution >= 0.6 is 0 Å². The van der Waals surface area contributed by atoms with Crippen molar-refractivity contribution in [2.45, 2.75) is 32.6 Å². The van der Waals surface area contributed by atoms with E-state index < -0.39 is 0 Å². The van der Waals surface area contributed by atoms with Gasteiger partial charge >= 0.3 is 0 Å². The molecule has 0 heterocycles. The zero-order valence-electron chi connectivity index (χ0n) is 8.62. The molecule has 1 aromatic rings. The van der Waals surface area contributed by atoms with Crippen LogP contribution in [-0.4, -0.2) is 5.78 Å². The van der Waals surface area contributed by atoms with Gasteiger partial charge in [0.2, 0.25) is 0 Å². The van der Waals surface area contributed by atoms with E-state index in [2.05, 4.69) is 31.2 Å². The van der Waals surface area contributed by atoms with Gasteiger partial charge < -0.3 is 0 Å². The fourth-order valence-electron chi connectivity index (χ4n) is 1.78. The van der Waals surface area contributed by atoms with Gasteiger partial charge in [0.05, 0.1) is 0 Å². The lowest BCUT2D eigenvalue weighted by Crippen LogP contribution is -2.23. The third-order valence-electron chi connectivity index (χ3n) is 3.06. The van der Waals surface area contributed by atoms with E-state index in [1.807, 2.05) is 0 Å². The highest BCUT2D eigenvalue weighted by atomic mass is 16.1. The lowest BCUT2D eigenvalue weighted by atomic mass is 9.80. The summed E-state index contributed by atoms with van der Waals surface area (Å²) in [5.74, 6) is 0.802. The van der Waals surface area contributed by atoms with Crippen molar-refractivity contribution >= 4 is 5.78 Å². The smallest absolute Gasteiger partial charge is 0.140 e. The second-order valence-electron chi connectivity index (χ2n) is 4.26. The lowest BCUT2D eigenvalue weighted by Gasteiger charge is -2.23. The third kappa shape index (κ3) is 2.03. The van der Waals surface area contributed by atoms with Crippen molar-refractivity contribution in [1.82, 2.24) is 0 Å². The van der Waals surface area contributed by atoms with Crippen LogP contribution in [0, 0.1) is 12.8 Å². The maximum Gasteiger partial charge on any atom is 0.140 e. The molecule has 0 aliphatic heterocycles. The molecule has 0 spiro atoms. The van der Waals surface area contributed by atoms with Gasteiger partial charge in [0.25, 0.3) is 0 Å². The standard InChI is InChI=1S/C13H16O/c1-10-5-7-11(8-6-10)9-13(14)12-3-2-4-12/h5-8,12H,2-4,9H2,1H3. The lowest BCUT2D eigenvalue weighted by molar-refractivity contribution is -0.124. The second kappa shape index (κ2) is 3.95. The van der Waals surface area contributed by atoms with Crippen molar-refractivity contribution in [3.05, 3.63) is 35.4 Å². The Hall–Kier alpha value is -1.11. The number of Topliss-reactive ketones (excluding diaryl/α,β-unsaturated/α-hetero) is 1. The Morgan fingerprint density at radius 2 is 1.93 bits per heavy atom. The highest BCUT2D eigenvalue weighted by Gasteiger charge is 2.24. The number of aryl methyl sites for hydroxylation is 1. The number of ketones is 1. The van der Waals surface area contributed by atoms with Gasteiger partial charge in [-0.05, 0) is 25.3 Å². The van der Waals surface area contributed by atoms with E-state index in [1.54, 1.807) is 0 Å². The van der Waals surface area contributed by atoms with Crippen LogP contribution in [-0.2, 0) is 11.2 Å². The van der Waals surface area contributed by atoms with Gasteiger partial charge in [-0.3, -0.25) is 4.79 Å². The Morgan fingerprint density at radius 3 is 2.43 bits per heavy atom. The first-order valence-electron chi connectivity index (χ1n) is 5.34. The maximum absolute atomic E-state index is 11.7. The second-order valence-corrected chi connectivity index (χ2v) is 4.26. The molecule has 1 saturated carbocycles. The molecule has 0 saturated heterocycles. The van der Waals surface area contributed by atoms with Crippen molar-refractivity contribution in [2.24, 2.45) is 5.92 Å². The fourth-order valence-corrected chi connectivity index (χ4v) is 1.78. The average molecular weight is 188 g/mol. The summed E-state index contributed by atoms with van der Waals surface area (Å²) in [5, 5.41) is 0. The topological polar surface area (TPSA) is 17.1 Å². The first kappa shape index (κ1) is 9.45. The molecule has 0 aromatic heterocycles. The van der Waals surface area contributed by atoms with E-state index in [1.165, 1.54) is 12.0 Å². The van der Waals surface area contributed by atoms with Crippen molar-refractivity contribution in [3.8, 4) is 0 Å². The van der Waals surface area contributed by atoms with E-state index in [9.17, 15) is 4.79 Å². The predicted octanol–water partition coefficient (Wildman–Crippen LogP) is 2.91. The van der Waals surface area contributed by atoms with Gasteiger partial charge in [0.1, 0.15) is 5.78 Å². The van der Waals surface area contributed by atoms with Crippen LogP contribution < -0.4 is 0 Å². The van der Waals surface area contributed by atoms with Crippen molar-refractivity contribution in [3.63, 3.8) is 0 Å². The minimum absolute atomic E-state index is 0.372. The monoisotopic (exact) mass is 188 g/mol. The largest absolute Gasteiger partial charge is 0.299 e. The SMILES string of the molecule is Cc1ccc(CC(=O)C2CCC2)cc1. The first-order valence-corrected chi connectivity index (χ1v) is 5.34. The van der Waals surface area contributed by atoms with Crippen LogP contribution in [0.2, 0.25) is 0 Å². The van der Waals surface area contributed by atoms with Gasteiger partial charge in [-0.15, -0.1) is 0 Å². The summed E-state index contributed by atoms with van der Waals surface area (Å²) in [6, 6.07) is 8.27. The molecule has 1 nitrogen and oxygen atoms in total. The number of carbonyl (C=O) groups excluding carboxylic acids is 1. The Morgan fingerprint density at radius 1 is 1.29 bits per heavy atom. The van der Waals surface area contributed by atoms with Gasteiger partial charge in [0.15, 0.2) is 0 Å². The maximum atomic E-state index is 11.7. The van der Waals surface area contributed by atoms with E-state index in [-0.39, 0.29) is 0 Å². The Balaban J connectivity index is 1.96. The molecule has 1 fully saturated rings. The van der Waals surface area contributed by atoms with Gasteiger partial charge in [-0.1, -0.05) is 36.2 Å². The number of hydrogen-bond donors (Lipinski definition) is 0. The van der Waals surface area contributed by atoms with Crippen LogP contribution in [0.5, 0.6) is 0 Å². The highest BCUT2D eigenvalue weighted by Crippen LogP contribution is 2.28. The molecule has 0 unspecified atom stereocenters. The Labute approximate surface area is 85.1 Å². The molecule has 1 heteroatoms. The van der Waals surface area contributed by atoms with Gasteiger partial charge in [-0.2, -0.15) is 0 Å². The van der Waals surface area contributed by atoms with Crippen LogP contribution in [0.25, 0.3) is 0 Å². The molecule has 0 atom stereocenters. The quantitative estimate of drug-likeness (QED) is 0.712. The van der Waals surface area contributed by atoms with Gasteiger partial charge in [0, 0.05) is 12.3 Å². The minimum atomic E-state index is 0.372. The van der Waals surface area contributed by atoms with Crippen molar-refractivity contribution < 1.29 is 4.79 Å². The molecule has 2 rings (SSSR count). The zero-order chi connectivity index (χ0) is 9.97. The summed E-state index contributed by atoms with van der Waals surface area (Å²) >= 11 is 0. The van der Waals surface area contributed by atoms with Crippen LogP contribution in [0.4, 0.5) is 0 Å². The van der Waals surface area contributed by atoms with E-state index >= 15 is 0 Å². The normalized spacial score (nSPS) is 16.4. The van der Waals surface area contributed by atoms with E-state index in [4.69, 9.17) is 0 Å². The van der Waals surface area contributed by atoms with Crippen LogP contribution in [0.3, 0.4) is 0 Å². The van der Waals surface area contributed by atoms with Crippen molar-refractivity contribution in [2.75, 3.05) is 0 Å². The molecule has 0 bridgehead atoms. The minimum Gasteiger partial charge on any atom is -0.299 e. The summed E-state index contributed by atoms with van der Waals surface area (Å²) in [5.41, 5.74) is 2.41. The molecule has 0 amide bonds. The highest BCUT2D eigenvalue weighted by molar-refractivity contribution is 5.83. The molecule has 14 heavy (non-hydrogen) atoms. The summed E-state index contributed by atoms with van der Waals surface area (Å²) < 4.78 is 0. The zero-order valence-corrected chi connectivity index (χ0v) is 8.62. The molecular weight excluding hydrogens is 172 g/mol. The molecule has 0 radical (unpaired) electrons. The molecule has 1 aliphatic carbocycles. The number of rotatable bonds is 3. The summed E-state index contributed by atoms with van der Waals surface area (Å²) in [6.45, 7) is 2.07. The molecule has 74 valence electrons.